The van der Waals surface area contributed by atoms with Crippen LogP contribution in [0.1, 0.15) is 48.3 Å². The van der Waals surface area contributed by atoms with Crippen LogP contribution in [-0.2, 0) is 13.5 Å². The Bertz CT molecular complexity index is 1180. The Morgan fingerprint density at radius 3 is 2.76 bits per heavy atom. The van der Waals surface area contributed by atoms with E-state index in [-0.39, 0.29) is 17.4 Å². The van der Waals surface area contributed by atoms with E-state index < -0.39 is 6.23 Å². The topological polar surface area (TPSA) is 66.3 Å². The third-order valence-electron chi connectivity index (χ3n) is 6.93. The number of nitrogens with one attached hydrogen (secondary N) is 2. The summed E-state index contributed by atoms with van der Waals surface area (Å²) in [5, 5.41) is 17.2. The van der Waals surface area contributed by atoms with Gasteiger partial charge in [-0.2, -0.15) is 0 Å². The summed E-state index contributed by atoms with van der Waals surface area (Å²) < 4.78 is 1.61. The van der Waals surface area contributed by atoms with Crippen LogP contribution >= 0.6 is 11.6 Å². The number of aryl methyl sites for hydroxylation is 1. The Hall–Kier alpha value is -2.44. The van der Waals surface area contributed by atoms with Crippen molar-refractivity contribution in [1.82, 2.24) is 15.2 Å². The number of hydrogen-bond donors (Lipinski definition) is 3. The fourth-order valence-electron chi connectivity index (χ4n) is 4.91. The SMILES string of the molecule is CCC(O)NCCc1ccccc1-c1ccc(C2CNCCC2c2ccn(C)c(=O)c2)c(Cl)c1. The smallest absolute Gasteiger partial charge is 0.250 e. The van der Waals surface area contributed by atoms with E-state index in [0.29, 0.717) is 13.0 Å². The van der Waals surface area contributed by atoms with Gasteiger partial charge < -0.3 is 15.0 Å². The molecular weight excluding hydrogens is 446 g/mol. The molecule has 34 heavy (non-hydrogen) atoms. The number of aliphatic hydroxyl groups is 1. The van der Waals surface area contributed by atoms with Gasteiger partial charge in [-0.05, 0) is 71.7 Å². The maximum atomic E-state index is 12.3. The lowest BCUT2D eigenvalue weighted by Gasteiger charge is -2.33. The minimum Gasteiger partial charge on any atom is -0.379 e. The van der Waals surface area contributed by atoms with Crippen molar-refractivity contribution in [2.75, 3.05) is 19.6 Å². The molecular formula is C28H34ClN3O2. The van der Waals surface area contributed by atoms with Crippen molar-refractivity contribution < 1.29 is 5.11 Å². The van der Waals surface area contributed by atoms with Gasteiger partial charge in [-0.15, -0.1) is 0 Å². The van der Waals surface area contributed by atoms with Gasteiger partial charge in [0.05, 0.1) is 0 Å². The van der Waals surface area contributed by atoms with E-state index in [1.165, 1.54) is 5.56 Å². The first-order valence-electron chi connectivity index (χ1n) is 12.1. The molecule has 2 heterocycles. The van der Waals surface area contributed by atoms with Gasteiger partial charge in [-0.1, -0.05) is 54.9 Å². The number of nitrogens with zero attached hydrogens (tertiary/aromatic N) is 1. The number of piperidine rings is 1. The average molecular weight is 480 g/mol. The molecule has 0 saturated carbocycles. The van der Waals surface area contributed by atoms with Crippen LogP contribution < -0.4 is 16.2 Å². The lowest BCUT2D eigenvalue weighted by molar-refractivity contribution is 0.134. The summed E-state index contributed by atoms with van der Waals surface area (Å²) in [5.41, 5.74) is 5.70. The highest BCUT2D eigenvalue weighted by atomic mass is 35.5. The average Bonchev–Trinajstić information content (AvgIpc) is 2.86. The molecule has 180 valence electrons. The molecule has 3 unspecified atom stereocenters. The third-order valence-corrected chi connectivity index (χ3v) is 7.26. The molecule has 1 aromatic heterocycles. The molecule has 1 fully saturated rings. The second-order valence-corrected chi connectivity index (χ2v) is 9.54. The van der Waals surface area contributed by atoms with Crippen LogP contribution in [0.15, 0.2) is 65.6 Å². The second-order valence-electron chi connectivity index (χ2n) is 9.14. The van der Waals surface area contributed by atoms with E-state index in [0.717, 1.165) is 53.2 Å². The highest BCUT2D eigenvalue weighted by molar-refractivity contribution is 6.31. The van der Waals surface area contributed by atoms with Gasteiger partial charge in [0.15, 0.2) is 0 Å². The maximum Gasteiger partial charge on any atom is 0.250 e. The van der Waals surface area contributed by atoms with E-state index in [2.05, 4.69) is 47.0 Å². The molecule has 0 bridgehead atoms. The van der Waals surface area contributed by atoms with Crippen LogP contribution in [0.25, 0.3) is 11.1 Å². The maximum absolute atomic E-state index is 12.3. The second kappa shape index (κ2) is 11.3. The van der Waals surface area contributed by atoms with Crippen molar-refractivity contribution in [3.05, 3.63) is 92.9 Å². The molecule has 3 N–H and O–H groups in total. The number of aliphatic hydroxyl groups excluding tert-OH is 1. The summed E-state index contributed by atoms with van der Waals surface area (Å²) in [7, 11) is 1.78. The molecule has 1 aliphatic heterocycles. The van der Waals surface area contributed by atoms with Crippen molar-refractivity contribution in [2.24, 2.45) is 7.05 Å². The molecule has 0 amide bonds. The van der Waals surface area contributed by atoms with E-state index in [4.69, 9.17) is 11.6 Å². The lowest BCUT2D eigenvalue weighted by atomic mass is 9.77. The molecule has 2 aromatic carbocycles. The van der Waals surface area contributed by atoms with Gasteiger partial charge in [0.25, 0.3) is 5.56 Å². The molecule has 3 atom stereocenters. The molecule has 0 spiro atoms. The van der Waals surface area contributed by atoms with Crippen LogP contribution in [0.3, 0.4) is 0 Å². The monoisotopic (exact) mass is 479 g/mol. The third kappa shape index (κ3) is 5.61. The Morgan fingerprint density at radius 2 is 2.00 bits per heavy atom. The van der Waals surface area contributed by atoms with Crippen LogP contribution in [-0.4, -0.2) is 35.5 Å². The summed E-state index contributed by atoms with van der Waals surface area (Å²) in [6.45, 7) is 4.43. The minimum atomic E-state index is -0.470. The van der Waals surface area contributed by atoms with Crippen molar-refractivity contribution in [1.29, 1.82) is 0 Å². The number of halogens is 1. The molecule has 3 aromatic rings. The fourth-order valence-corrected chi connectivity index (χ4v) is 5.23. The molecule has 4 rings (SSSR count). The van der Waals surface area contributed by atoms with E-state index in [1.807, 2.05) is 25.3 Å². The van der Waals surface area contributed by atoms with Crippen molar-refractivity contribution in [3.8, 4) is 11.1 Å². The predicted octanol–water partition coefficient (Wildman–Crippen LogP) is 4.43. The van der Waals surface area contributed by atoms with Gasteiger partial charge in [-0.25, -0.2) is 0 Å². The highest BCUT2D eigenvalue weighted by Crippen LogP contribution is 2.41. The summed E-state index contributed by atoms with van der Waals surface area (Å²) >= 11 is 6.90. The summed E-state index contributed by atoms with van der Waals surface area (Å²) in [5.74, 6) is 0.458. The minimum absolute atomic E-state index is 0.0220. The quantitative estimate of drug-likeness (QED) is 0.418. The van der Waals surface area contributed by atoms with Crippen molar-refractivity contribution >= 4 is 11.6 Å². The van der Waals surface area contributed by atoms with Gasteiger partial charge in [0.2, 0.25) is 0 Å². The molecule has 0 radical (unpaired) electrons. The van der Waals surface area contributed by atoms with Gasteiger partial charge >= 0.3 is 0 Å². The first-order valence-corrected chi connectivity index (χ1v) is 12.5. The zero-order chi connectivity index (χ0) is 24.1. The lowest BCUT2D eigenvalue weighted by Crippen LogP contribution is -2.34. The summed E-state index contributed by atoms with van der Waals surface area (Å²) in [6.07, 6.45) is 3.86. The van der Waals surface area contributed by atoms with E-state index >= 15 is 0 Å². The molecule has 1 aliphatic rings. The predicted molar refractivity (Wildman–Crippen MR) is 140 cm³/mol. The fraction of sp³-hybridized carbons (Fsp3) is 0.393. The van der Waals surface area contributed by atoms with Crippen LogP contribution in [0.2, 0.25) is 5.02 Å². The molecule has 5 nitrogen and oxygen atoms in total. The normalized spacial score (nSPS) is 19.2. The molecule has 6 heteroatoms. The van der Waals surface area contributed by atoms with Crippen LogP contribution in [0, 0.1) is 0 Å². The number of rotatable bonds is 8. The number of aromatic nitrogens is 1. The number of pyridine rings is 1. The number of benzene rings is 2. The Kier molecular flexibility index (Phi) is 8.22. The standard InChI is InChI=1S/C28H34ClN3O2/c1-3-27(33)31-14-10-19-6-4-5-7-22(19)20-8-9-24(26(29)16-20)25-18-30-13-11-23(25)21-12-15-32(2)28(34)17-21/h4-9,12,15-17,23,25,27,30-31,33H,3,10-11,13-14,18H2,1-2H3. The zero-order valence-corrected chi connectivity index (χ0v) is 20.7. The number of hydrogen-bond acceptors (Lipinski definition) is 4. The summed E-state index contributed by atoms with van der Waals surface area (Å²) in [6, 6.07) is 18.6. The molecule has 1 saturated heterocycles. The first-order chi connectivity index (χ1) is 16.5. The van der Waals surface area contributed by atoms with Crippen LogP contribution in [0.4, 0.5) is 0 Å². The first kappa shape index (κ1) is 24.7. The largest absolute Gasteiger partial charge is 0.379 e. The summed E-state index contributed by atoms with van der Waals surface area (Å²) in [4.78, 5) is 12.3. The van der Waals surface area contributed by atoms with Gasteiger partial charge in [-0.3, -0.25) is 10.1 Å². The Morgan fingerprint density at radius 1 is 1.18 bits per heavy atom. The Balaban J connectivity index is 1.60. The van der Waals surface area contributed by atoms with Crippen LogP contribution in [0.5, 0.6) is 0 Å². The zero-order valence-electron chi connectivity index (χ0n) is 19.9. The van der Waals surface area contributed by atoms with Gasteiger partial charge in [0, 0.05) is 43.3 Å². The molecule has 0 aliphatic carbocycles. The van der Waals surface area contributed by atoms with Crippen molar-refractivity contribution in [3.63, 3.8) is 0 Å². The Labute approximate surface area is 206 Å². The highest BCUT2D eigenvalue weighted by Gasteiger charge is 2.29. The van der Waals surface area contributed by atoms with E-state index in [1.54, 1.807) is 17.7 Å². The van der Waals surface area contributed by atoms with E-state index in [9.17, 15) is 9.90 Å². The van der Waals surface area contributed by atoms with Crippen molar-refractivity contribution in [2.45, 2.75) is 44.2 Å². The van der Waals surface area contributed by atoms with Gasteiger partial charge in [0.1, 0.15) is 6.23 Å².